The van der Waals surface area contributed by atoms with Crippen LogP contribution in [-0.4, -0.2) is 29.6 Å². The second-order valence-corrected chi connectivity index (χ2v) is 5.83. The van der Waals surface area contributed by atoms with E-state index >= 15 is 0 Å². The van der Waals surface area contributed by atoms with Gasteiger partial charge in [0.05, 0.1) is 6.10 Å². The third-order valence-electron chi connectivity index (χ3n) is 4.24. The SMILES string of the molecule is CCc1ccc(NC(=O)C(=O)NCC(O)C2CCCC2)cc1. The van der Waals surface area contributed by atoms with Crippen LogP contribution in [0.5, 0.6) is 0 Å². The second kappa shape index (κ2) is 7.94. The molecule has 22 heavy (non-hydrogen) atoms. The summed E-state index contributed by atoms with van der Waals surface area (Å²) < 4.78 is 0. The Bertz CT molecular complexity index is 507. The minimum Gasteiger partial charge on any atom is -0.391 e. The van der Waals surface area contributed by atoms with Crippen LogP contribution >= 0.6 is 0 Å². The molecule has 0 aliphatic heterocycles. The van der Waals surface area contributed by atoms with Crippen molar-refractivity contribution in [3.63, 3.8) is 0 Å². The van der Waals surface area contributed by atoms with Gasteiger partial charge in [0.15, 0.2) is 0 Å². The summed E-state index contributed by atoms with van der Waals surface area (Å²) in [6, 6.07) is 7.38. The van der Waals surface area contributed by atoms with Crippen molar-refractivity contribution in [2.75, 3.05) is 11.9 Å². The highest BCUT2D eigenvalue weighted by Gasteiger charge is 2.24. The standard InChI is InChI=1S/C17H24N2O3/c1-2-12-7-9-14(10-8-12)19-17(22)16(21)18-11-15(20)13-5-3-4-6-13/h7-10,13,15,20H,2-6,11H2,1H3,(H,18,21)(H,19,22). The van der Waals surface area contributed by atoms with Gasteiger partial charge >= 0.3 is 11.8 Å². The third-order valence-corrected chi connectivity index (χ3v) is 4.24. The van der Waals surface area contributed by atoms with Gasteiger partial charge in [-0.2, -0.15) is 0 Å². The summed E-state index contributed by atoms with van der Waals surface area (Å²) in [4.78, 5) is 23.6. The van der Waals surface area contributed by atoms with Gasteiger partial charge in [-0.05, 0) is 42.9 Å². The molecule has 2 amide bonds. The maximum atomic E-state index is 11.8. The average molecular weight is 304 g/mol. The average Bonchev–Trinajstić information content (AvgIpc) is 3.07. The molecule has 5 heteroatoms. The molecule has 0 saturated heterocycles. The summed E-state index contributed by atoms with van der Waals surface area (Å²) in [6.07, 6.45) is 4.60. The van der Waals surface area contributed by atoms with E-state index in [1.54, 1.807) is 12.1 Å². The van der Waals surface area contributed by atoms with Crippen molar-refractivity contribution in [1.29, 1.82) is 0 Å². The van der Waals surface area contributed by atoms with Crippen molar-refractivity contribution in [2.24, 2.45) is 5.92 Å². The molecule has 1 unspecified atom stereocenters. The summed E-state index contributed by atoms with van der Waals surface area (Å²) in [7, 11) is 0. The van der Waals surface area contributed by atoms with E-state index in [0.717, 1.165) is 32.1 Å². The third kappa shape index (κ3) is 4.56. The highest BCUT2D eigenvalue weighted by molar-refractivity contribution is 6.39. The number of nitrogens with one attached hydrogen (secondary N) is 2. The van der Waals surface area contributed by atoms with E-state index in [9.17, 15) is 14.7 Å². The molecule has 0 aromatic heterocycles. The Kier molecular flexibility index (Phi) is 5.95. The summed E-state index contributed by atoms with van der Waals surface area (Å²) in [5, 5.41) is 15.0. The molecule has 120 valence electrons. The van der Waals surface area contributed by atoms with Crippen LogP contribution in [0.3, 0.4) is 0 Å². The lowest BCUT2D eigenvalue weighted by molar-refractivity contribution is -0.136. The molecule has 1 saturated carbocycles. The van der Waals surface area contributed by atoms with Crippen LogP contribution in [-0.2, 0) is 16.0 Å². The van der Waals surface area contributed by atoms with Crippen molar-refractivity contribution in [3.8, 4) is 0 Å². The van der Waals surface area contributed by atoms with E-state index in [4.69, 9.17) is 0 Å². The van der Waals surface area contributed by atoms with E-state index in [0.29, 0.717) is 5.69 Å². The second-order valence-electron chi connectivity index (χ2n) is 5.83. The summed E-state index contributed by atoms with van der Waals surface area (Å²) >= 11 is 0. The molecule has 1 fully saturated rings. The maximum absolute atomic E-state index is 11.8. The highest BCUT2D eigenvalue weighted by Crippen LogP contribution is 2.27. The molecule has 0 bridgehead atoms. The Morgan fingerprint density at radius 2 is 1.82 bits per heavy atom. The number of aryl methyl sites for hydroxylation is 1. The molecule has 1 aromatic rings. The van der Waals surface area contributed by atoms with Crippen LogP contribution in [0.2, 0.25) is 0 Å². The van der Waals surface area contributed by atoms with E-state index in [2.05, 4.69) is 17.6 Å². The lowest BCUT2D eigenvalue weighted by Gasteiger charge is -2.17. The zero-order chi connectivity index (χ0) is 15.9. The topological polar surface area (TPSA) is 78.4 Å². The van der Waals surface area contributed by atoms with Gasteiger partial charge in [-0.15, -0.1) is 0 Å². The number of hydrogen-bond donors (Lipinski definition) is 3. The zero-order valence-corrected chi connectivity index (χ0v) is 13.0. The molecule has 0 spiro atoms. The molecule has 1 aromatic carbocycles. The molecule has 5 nitrogen and oxygen atoms in total. The van der Waals surface area contributed by atoms with Gasteiger partial charge in [0.25, 0.3) is 0 Å². The van der Waals surface area contributed by atoms with E-state index < -0.39 is 17.9 Å². The number of hydrogen-bond acceptors (Lipinski definition) is 3. The van der Waals surface area contributed by atoms with Gasteiger partial charge in [0.2, 0.25) is 0 Å². The number of carbonyl (C=O) groups is 2. The molecular formula is C17H24N2O3. The summed E-state index contributed by atoms with van der Waals surface area (Å²) in [5.41, 5.74) is 1.76. The summed E-state index contributed by atoms with van der Waals surface area (Å²) in [6.45, 7) is 2.18. The van der Waals surface area contributed by atoms with Gasteiger partial charge in [-0.3, -0.25) is 9.59 Å². The minimum atomic E-state index is -0.711. The Morgan fingerprint density at radius 3 is 2.41 bits per heavy atom. The molecule has 1 aliphatic rings. The molecule has 1 atom stereocenters. The van der Waals surface area contributed by atoms with Gasteiger partial charge in [0.1, 0.15) is 0 Å². The number of rotatable bonds is 5. The minimum absolute atomic E-state index is 0.131. The molecule has 3 N–H and O–H groups in total. The Hall–Kier alpha value is -1.88. The quantitative estimate of drug-likeness (QED) is 0.727. The van der Waals surface area contributed by atoms with Crippen molar-refractivity contribution in [3.05, 3.63) is 29.8 Å². The number of anilines is 1. The summed E-state index contributed by atoms with van der Waals surface area (Å²) in [5.74, 6) is -1.18. The predicted molar refractivity (Wildman–Crippen MR) is 85.4 cm³/mol. The number of aliphatic hydroxyl groups excluding tert-OH is 1. The first kappa shape index (κ1) is 16.5. The van der Waals surface area contributed by atoms with Crippen LogP contribution in [0.25, 0.3) is 0 Å². The van der Waals surface area contributed by atoms with Gasteiger partial charge in [-0.25, -0.2) is 0 Å². The number of carbonyl (C=O) groups excluding carboxylic acids is 2. The number of benzene rings is 1. The highest BCUT2D eigenvalue weighted by atomic mass is 16.3. The van der Waals surface area contributed by atoms with E-state index in [-0.39, 0.29) is 12.5 Å². The molecular weight excluding hydrogens is 280 g/mol. The van der Waals surface area contributed by atoms with Crippen LogP contribution in [0.1, 0.15) is 38.2 Å². The van der Waals surface area contributed by atoms with Crippen molar-refractivity contribution in [1.82, 2.24) is 5.32 Å². The fourth-order valence-corrected chi connectivity index (χ4v) is 2.80. The van der Waals surface area contributed by atoms with Gasteiger partial charge in [0, 0.05) is 12.2 Å². The normalized spacial score (nSPS) is 16.3. The lowest BCUT2D eigenvalue weighted by atomic mass is 10.0. The fraction of sp³-hybridized carbons (Fsp3) is 0.529. The molecule has 0 heterocycles. The molecule has 1 aliphatic carbocycles. The first-order valence-corrected chi connectivity index (χ1v) is 7.96. The largest absolute Gasteiger partial charge is 0.391 e. The van der Waals surface area contributed by atoms with Crippen LogP contribution in [0.15, 0.2) is 24.3 Å². The van der Waals surface area contributed by atoms with E-state index in [1.165, 1.54) is 5.56 Å². The zero-order valence-electron chi connectivity index (χ0n) is 13.0. The van der Waals surface area contributed by atoms with Crippen molar-refractivity contribution >= 4 is 17.5 Å². The number of aliphatic hydroxyl groups is 1. The lowest BCUT2D eigenvalue weighted by Crippen LogP contribution is -2.41. The first-order valence-electron chi connectivity index (χ1n) is 7.96. The Morgan fingerprint density at radius 1 is 1.18 bits per heavy atom. The van der Waals surface area contributed by atoms with Crippen LogP contribution in [0.4, 0.5) is 5.69 Å². The van der Waals surface area contributed by atoms with Crippen molar-refractivity contribution < 1.29 is 14.7 Å². The smallest absolute Gasteiger partial charge is 0.313 e. The fourth-order valence-electron chi connectivity index (χ4n) is 2.80. The molecule has 0 radical (unpaired) electrons. The van der Waals surface area contributed by atoms with Crippen LogP contribution < -0.4 is 10.6 Å². The maximum Gasteiger partial charge on any atom is 0.313 e. The number of amides is 2. The monoisotopic (exact) mass is 304 g/mol. The Labute approximate surface area is 131 Å². The van der Waals surface area contributed by atoms with Crippen LogP contribution in [0, 0.1) is 5.92 Å². The first-order chi connectivity index (χ1) is 10.6. The predicted octanol–water partition coefficient (Wildman–Crippen LogP) is 1.85. The van der Waals surface area contributed by atoms with Gasteiger partial charge < -0.3 is 15.7 Å². The Balaban J connectivity index is 1.77. The molecule has 2 rings (SSSR count). The van der Waals surface area contributed by atoms with E-state index in [1.807, 2.05) is 12.1 Å². The van der Waals surface area contributed by atoms with Crippen molar-refractivity contribution in [2.45, 2.75) is 45.1 Å². The van der Waals surface area contributed by atoms with Gasteiger partial charge in [-0.1, -0.05) is 31.9 Å².